The summed E-state index contributed by atoms with van der Waals surface area (Å²) in [7, 11) is 1.63. The van der Waals surface area contributed by atoms with Gasteiger partial charge in [0.05, 0.1) is 12.5 Å². The fourth-order valence-corrected chi connectivity index (χ4v) is 2.88. The molecular weight excluding hydrogens is 264 g/mol. The van der Waals surface area contributed by atoms with Crippen molar-refractivity contribution in [1.82, 2.24) is 10.2 Å². The number of hydrogen-bond acceptors (Lipinski definition) is 3. The van der Waals surface area contributed by atoms with Crippen LogP contribution >= 0.6 is 0 Å². The predicted octanol–water partition coefficient (Wildman–Crippen LogP) is 1.91. The number of ether oxygens (including phenoxy) is 1. The molecule has 2 rings (SSSR count). The van der Waals surface area contributed by atoms with Gasteiger partial charge >= 0.3 is 0 Å². The van der Waals surface area contributed by atoms with Crippen LogP contribution in [0.25, 0.3) is 0 Å². The van der Waals surface area contributed by atoms with E-state index in [-0.39, 0.29) is 17.9 Å². The average molecular weight is 290 g/mol. The van der Waals surface area contributed by atoms with Crippen molar-refractivity contribution in [3.8, 4) is 0 Å². The van der Waals surface area contributed by atoms with E-state index in [0.717, 1.165) is 19.6 Å². The molecule has 0 radical (unpaired) electrons. The van der Waals surface area contributed by atoms with Gasteiger partial charge in [-0.3, -0.25) is 9.69 Å². The Hall–Kier alpha value is -1.39. The molecule has 0 aromatic heterocycles. The summed E-state index contributed by atoms with van der Waals surface area (Å²) in [4.78, 5) is 14.5. The van der Waals surface area contributed by atoms with Crippen molar-refractivity contribution in [3.63, 3.8) is 0 Å². The smallest absolute Gasteiger partial charge is 0.225 e. The van der Waals surface area contributed by atoms with Crippen molar-refractivity contribution in [3.05, 3.63) is 35.9 Å². The van der Waals surface area contributed by atoms with Crippen molar-refractivity contribution in [2.75, 3.05) is 26.8 Å². The Balaban J connectivity index is 1.85. The zero-order valence-electron chi connectivity index (χ0n) is 13.2. The summed E-state index contributed by atoms with van der Waals surface area (Å²) in [5.41, 5.74) is 1.32. The first-order valence-corrected chi connectivity index (χ1v) is 7.65. The number of nitrogens with one attached hydrogen (secondary N) is 1. The summed E-state index contributed by atoms with van der Waals surface area (Å²) >= 11 is 0. The van der Waals surface area contributed by atoms with Crippen LogP contribution in [0.5, 0.6) is 0 Å². The van der Waals surface area contributed by atoms with Gasteiger partial charge in [-0.05, 0) is 11.5 Å². The first kappa shape index (κ1) is 16.0. The molecule has 21 heavy (non-hydrogen) atoms. The van der Waals surface area contributed by atoms with Gasteiger partial charge in [0.1, 0.15) is 0 Å². The lowest BCUT2D eigenvalue weighted by molar-refractivity contribution is -0.126. The van der Waals surface area contributed by atoms with Crippen LogP contribution in [-0.4, -0.2) is 43.7 Å². The maximum absolute atomic E-state index is 12.1. The number of likely N-dealkylation sites (tertiary alicyclic amines) is 1. The molecule has 1 aromatic rings. The Bertz CT molecular complexity index is 449. The lowest BCUT2D eigenvalue weighted by Crippen LogP contribution is -2.43. The van der Waals surface area contributed by atoms with E-state index in [1.165, 1.54) is 5.56 Å². The van der Waals surface area contributed by atoms with Gasteiger partial charge in [-0.1, -0.05) is 44.2 Å². The molecule has 4 heteroatoms. The summed E-state index contributed by atoms with van der Waals surface area (Å²) in [5.74, 6) is 0.480. The molecule has 4 nitrogen and oxygen atoms in total. The third-order valence-electron chi connectivity index (χ3n) is 4.13. The maximum Gasteiger partial charge on any atom is 0.225 e. The Morgan fingerprint density at radius 3 is 2.76 bits per heavy atom. The molecule has 0 bridgehead atoms. The standard InChI is InChI=1S/C17H26N2O2/c1-13-9-19(10-15-7-5-4-6-8-15)11-16(13)18-17(20)14(2)12-21-3/h4-8,13-14,16H,9-12H2,1-3H3,(H,18,20). The Kier molecular flexibility index (Phi) is 5.76. The SMILES string of the molecule is COCC(C)C(=O)NC1CN(Cc2ccccc2)CC1C. The molecule has 0 spiro atoms. The van der Waals surface area contributed by atoms with E-state index >= 15 is 0 Å². The third kappa shape index (κ3) is 4.55. The highest BCUT2D eigenvalue weighted by molar-refractivity contribution is 5.78. The quantitative estimate of drug-likeness (QED) is 0.870. The van der Waals surface area contributed by atoms with Gasteiger partial charge in [0.15, 0.2) is 0 Å². The van der Waals surface area contributed by atoms with Crippen LogP contribution in [0.3, 0.4) is 0 Å². The van der Waals surface area contributed by atoms with Crippen LogP contribution in [0.15, 0.2) is 30.3 Å². The number of hydrogen-bond donors (Lipinski definition) is 1. The number of nitrogens with zero attached hydrogens (tertiary/aromatic N) is 1. The van der Waals surface area contributed by atoms with Crippen molar-refractivity contribution in [1.29, 1.82) is 0 Å². The lowest BCUT2D eigenvalue weighted by Gasteiger charge is -2.19. The number of rotatable bonds is 6. The van der Waals surface area contributed by atoms with Gasteiger partial charge in [-0.25, -0.2) is 0 Å². The van der Waals surface area contributed by atoms with Crippen LogP contribution in [0.1, 0.15) is 19.4 Å². The molecule has 1 aliphatic heterocycles. The molecular formula is C17H26N2O2. The lowest BCUT2D eigenvalue weighted by atomic mass is 10.1. The second kappa shape index (κ2) is 7.57. The van der Waals surface area contributed by atoms with E-state index in [4.69, 9.17) is 4.74 Å². The third-order valence-corrected chi connectivity index (χ3v) is 4.13. The Morgan fingerprint density at radius 1 is 1.38 bits per heavy atom. The normalized spacial score (nSPS) is 24.0. The van der Waals surface area contributed by atoms with Gasteiger partial charge in [0.25, 0.3) is 0 Å². The molecule has 1 fully saturated rings. The largest absolute Gasteiger partial charge is 0.384 e. The molecule has 3 atom stereocenters. The molecule has 116 valence electrons. The molecule has 1 amide bonds. The molecule has 3 unspecified atom stereocenters. The van der Waals surface area contributed by atoms with Crippen molar-refractivity contribution >= 4 is 5.91 Å². The van der Waals surface area contributed by atoms with Crippen LogP contribution in [-0.2, 0) is 16.1 Å². The minimum absolute atomic E-state index is 0.0922. The van der Waals surface area contributed by atoms with E-state index in [9.17, 15) is 4.79 Å². The summed E-state index contributed by atoms with van der Waals surface area (Å²) in [6, 6.07) is 10.7. The minimum Gasteiger partial charge on any atom is -0.384 e. The zero-order chi connectivity index (χ0) is 15.2. The van der Waals surface area contributed by atoms with Gasteiger partial charge in [0.2, 0.25) is 5.91 Å². The fraction of sp³-hybridized carbons (Fsp3) is 0.588. The van der Waals surface area contributed by atoms with Gasteiger partial charge < -0.3 is 10.1 Å². The van der Waals surface area contributed by atoms with E-state index in [1.54, 1.807) is 7.11 Å². The van der Waals surface area contributed by atoms with Gasteiger partial charge in [-0.2, -0.15) is 0 Å². The number of methoxy groups -OCH3 is 1. The predicted molar refractivity (Wildman–Crippen MR) is 83.9 cm³/mol. The first-order chi connectivity index (χ1) is 10.1. The fourth-order valence-electron chi connectivity index (χ4n) is 2.88. The molecule has 1 aromatic carbocycles. The van der Waals surface area contributed by atoms with Crippen LogP contribution in [0.4, 0.5) is 0 Å². The summed E-state index contributed by atoms with van der Waals surface area (Å²) < 4.78 is 5.04. The highest BCUT2D eigenvalue weighted by atomic mass is 16.5. The molecule has 1 saturated heterocycles. The number of benzene rings is 1. The number of carbonyl (C=O) groups is 1. The van der Waals surface area contributed by atoms with Crippen molar-refractivity contribution in [2.24, 2.45) is 11.8 Å². The van der Waals surface area contributed by atoms with E-state index in [0.29, 0.717) is 12.5 Å². The number of amides is 1. The monoisotopic (exact) mass is 290 g/mol. The Morgan fingerprint density at radius 2 is 2.10 bits per heavy atom. The second-order valence-corrected chi connectivity index (χ2v) is 6.13. The summed E-state index contributed by atoms with van der Waals surface area (Å²) in [6.45, 7) is 7.48. The van der Waals surface area contributed by atoms with E-state index < -0.39 is 0 Å². The number of carbonyl (C=O) groups excluding carboxylic acids is 1. The second-order valence-electron chi connectivity index (χ2n) is 6.13. The van der Waals surface area contributed by atoms with E-state index in [2.05, 4.69) is 41.4 Å². The minimum atomic E-state index is -0.0922. The Labute approximate surface area is 127 Å². The van der Waals surface area contributed by atoms with Gasteiger partial charge in [0, 0.05) is 32.8 Å². The summed E-state index contributed by atoms with van der Waals surface area (Å²) in [5, 5.41) is 3.17. The van der Waals surface area contributed by atoms with E-state index in [1.807, 2.05) is 13.0 Å². The highest BCUT2D eigenvalue weighted by Crippen LogP contribution is 2.19. The molecule has 0 aliphatic carbocycles. The zero-order valence-corrected chi connectivity index (χ0v) is 13.2. The average Bonchev–Trinajstić information content (AvgIpc) is 2.80. The van der Waals surface area contributed by atoms with Crippen molar-refractivity contribution < 1.29 is 9.53 Å². The van der Waals surface area contributed by atoms with Crippen molar-refractivity contribution in [2.45, 2.75) is 26.4 Å². The topological polar surface area (TPSA) is 41.6 Å². The maximum atomic E-state index is 12.1. The molecule has 1 N–H and O–H groups in total. The first-order valence-electron chi connectivity index (χ1n) is 7.65. The van der Waals surface area contributed by atoms with Crippen LogP contribution < -0.4 is 5.32 Å². The molecule has 0 saturated carbocycles. The summed E-state index contributed by atoms with van der Waals surface area (Å²) in [6.07, 6.45) is 0. The highest BCUT2D eigenvalue weighted by Gasteiger charge is 2.31. The van der Waals surface area contributed by atoms with Crippen LogP contribution in [0, 0.1) is 11.8 Å². The molecule has 1 heterocycles. The molecule has 1 aliphatic rings. The van der Waals surface area contributed by atoms with Crippen LogP contribution in [0.2, 0.25) is 0 Å². The van der Waals surface area contributed by atoms with Gasteiger partial charge in [-0.15, -0.1) is 0 Å².